The van der Waals surface area contributed by atoms with Crippen molar-refractivity contribution in [1.29, 1.82) is 5.26 Å². The lowest BCUT2D eigenvalue weighted by Gasteiger charge is -2.41. The number of hydrogen-bond acceptors (Lipinski definition) is 6. The fourth-order valence-electron chi connectivity index (χ4n) is 4.42. The number of guanidine groups is 1. The summed E-state index contributed by atoms with van der Waals surface area (Å²) in [6, 6.07) is 10.3. The molecule has 1 spiro atoms. The lowest BCUT2D eigenvalue weighted by Crippen LogP contribution is -2.59. The third-order valence-corrected chi connectivity index (χ3v) is 5.98. The number of nitriles is 1. The SMILES string of the molecule is COc1ccc(N2CCN(C3=NC4(CCCC4)[C@@H](C#N)C(=O)N3)CC2)cc1. The number of anilines is 1. The number of carbonyl (C=O) groups is 1. The summed E-state index contributed by atoms with van der Waals surface area (Å²) in [5.41, 5.74) is 0.654. The molecule has 2 fully saturated rings. The van der Waals surface area contributed by atoms with Gasteiger partial charge in [-0.2, -0.15) is 5.26 Å². The second-order valence-corrected chi connectivity index (χ2v) is 7.47. The van der Waals surface area contributed by atoms with Crippen molar-refractivity contribution in [2.45, 2.75) is 31.2 Å². The number of hydrogen-bond donors (Lipinski definition) is 1. The Morgan fingerprint density at radius 1 is 1.15 bits per heavy atom. The molecular weight excluding hydrogens is 342 g/mol. The number of ether oxygens (including phenoxy) is 1. The first-order chi connectivity index (χ1) is 13.1. The number of amides is 1. The summed E-state index contributed by atoms with van der Waals surface area (Å²) >= 11 is 0. The molecule has 7 heteroatoms. The fraction of sp³-hybridized carbons (Fsp3) is 0.550. The minimum absolute atomic E-state index is 0.193. The van der Waals surface area contributed by atoms with Crippen molar-refractivity contribution < 1.29 is 9.53 Å². The molecule has 27 heavy (non-hydrogen) atoms. The first kappa shape index (κ1) is 17.7. The minimum Gasteiger partial charge on any atom is -0.497 e. The molecule has 142 valence electrons. The molecule has 1 saturated carbocycles. The molecule has 1 N–H and O–H groups in total. The predicted octanol–water partition coefficient (Wildman–Crippen LogP) is 1.76. The van der Waals surface area contributed by atoms with E-state index in [0.717, 1.165) is 57.6 Å². The van der Waals surface area contributed by atoms with Gasteiger partial charge in [0.15, 0.2) is 5.92 Å². The first-order valence-electron chi connectivity index (χ1n) is 9.59. The summed E-state index contributed by atoms with van der Waals surface area (Å²) in [6.45, 7) is 3.29. The van der Waals surface area contributed by atoms with Crippen molar-refractivity contribution in [3.05, 3.63) is 24.3 Å². The molecule has 2 heterocycles. The zero-order valence-corrected chi connectivity index (χ0v) is 15.6. The molecule has 4 rings (SSSR count). The maximum Gasteiger partial charge on any atom is 0.246 e. The second kappa shape index (κ2) is 7.10. The van der Waals surface area contributed by atoms with Crippen LogP contribution in [0.5, 0.6) is 5.75 Å². The second-order valence-electron chi connectivity index (χ2n) is 7.47. The average Bonchev–Trinajstić information content (AvgIpc) is 3.16. The number of nitrogens with zero attached hydrogens (tertiary/aromatic N) is 4. The summed E-state index contributed by atoms with van der Waals surface area (Å²) in [5.74, 6) is 0.652. The van der Waals surface area contributed by atoms with Gasteiger partial charge in [-0.1, -0.05) is 12.8 Å². The maximum atomic E-state index is 12.5. The van der Waals surface area contributed by atoms with Gasteiger partial charge in [-0.05, 0) is 37.1 Å². The minimum atomic E-state index is -0.663. The highest BCUT2D eigenvalue weighted by Gasteiger charge is 2.49. The van der Waals surface area contributed by atoms with E-state index in [0.29, 0.717) is 5.96 Å². The fourth-order valence-corrected chi connectivity index (χ4v) is 4.42. The smallest absolute Gasteiger partial charge is 0.246 e. The van der Waals surface area contributed by atoms with Crippen molar-refractivity contribution in [3.8, 4) is 11.8 Å². The van der Waals surface area contributed by atoms with Crippen LogP contribution < -0.4 is 15.0 Å². The Morgan fingerprint density at radius 2 is 1.78 bits per heavy atom. The molecule has 1 atom stereocenters. The molecule has 1 aliphatic carbocycles. The van der Waals surface area contributed by atoms with E-state index >= 15 is 0 Å². The molecule has 0 aromatic heterocycles. The highest BCUT2D eigenvalue weighted by Crippen LogP contribution is 2.41. The molecule has 0 unspecified atom stereocenters. The van der Waals surface area contributed by atoms with Crippen molar-refractivity contribution in [1.82, 2.24) is 10.2 Å². The van der Waals surface area contributed by atoms with Crippen LogP contribution in [0.15, 0.2) is 29.3 Å². The van der Waals surface area contributed by atoms with Crippen LogP contribution in [0.25, 0.3) is 0 Å². The van der Waals surface area contributed by atoms with E-state index in [2.05, 4.69) is 33.3 Å². The van der Waals surface area contributed by atoms with Crippen LogP contribution in [-0.2, 0) is 4.79 Å². The van der Waals surface area contributed by atoms with E-state index in [1.807, 2.05) is 12.1 Å². The van der Waals surface area contributed by atoms with E-state index in [4.69, 9.17) is 9.73 Å². The van der Waals surface area contributed by atoms with Crippen LogP contribution in [0.3, 0.4) is 0 Å². The Balaban J connectivity index is 1.46. The lowest BCUT2D eigenvalue weighted by atomic mass is 9.82. The number of benzene rings is 1. The van der Waals surface area contributed by atoms with Gasteiger partial charge < -0.3 is 14.5 Å². The molecule has 0 bridgehead atoms. The van der Waals surface area contributed by atoms with Crippen molar-refractivity contribution in [3.63, 3.8) is 0 Å². The molecule has 3 aliphatic rings. The monoisotopic (exact) mass is 367 g/mol. The quantitative estimate of drug-likeness (QED) is 0.861. The summed E-state index contributed by atoms with van der Waals surface area (Å²) in [6.07, 6.45) is 3.73. The number of carbonyl (C=O) groups excluding carboxylic acids is 1. The van der Waals surface area contributed by atoms with Crippen LogP contribution in [0.4, 0.5) is 5.69 Å². The summed E-state index contributed by atoms with van der Waals surface area (Å²) in [7, 11) is 1.67. The topological polar surface area (TPSA) is 81.0 Å². The molecule has 0 radical (unpaired) electrons. The summed E-state index contributed by atoms with van der Waals surface area (Å²) < 4.78 is 5.22. The Labute approximate surface area is 159 Å². The molecule has 1 aromatic carbocycles. The summed E-state index contributed by atoms with van der Waals surface area (Å²) in [4.78, 5) is 21.9. The predicted molar refractivity (Wildman–Crippen MR) is 103 cm³/mol. The van der Waals surface area contributed by atoms with Gasteiger partial charge >= 0.3 is 0 Å². The zero-order valence-electron chi connectivity index (χ0n) is 15.6. The van der Waals surface area contributed by atoms with Crippen LogP contribution in [0.1, 0.15) is 25.7 Å². The van der Waals surface area contributed by atoms with Gasteiger partial charge in [0.2, 0.25) is 11.9 Å². The van der Waals surface area contributed by atoms with Gasteiger partial charge in [-0.15, -0.1) is 0 Å². The van der Waals surface area contributed by atoms with E-state index in [9.17, 15) is 10.1 Å². The largest absolute Gasteiger partial charge is 0.497 e. The first-order valence-corrected chi connectivity index (χ1v) is 9.59. The number of nitrogens with one attached hydrogen (secondary N) is 1. The normalized spacial score (nSPS) is 24.4. The van der Waals surface area contributed by atoms with Gasteiger partial charge in [-0.3, -0.25) is 10.1 Å². The van der Waals surface area contributed by atoms with Crippen LogP contribution >= 0.6 is 0 Å². The van der Waals surface area contributed by atoms with Gasteiger partial charge in [0, 0.05) is 31.9 Å². The molecule has 2 aliphatic heterocycles. The maximum absolute atomic E-state index is 12.5. The molecule has 1 saturated heterocycles. The molecule has 1 amide bonds. The highest BCUT2D eigenvalue weighted by atomic mass is 16.5. The Hall–Kier alpha value is -2.75. The van der Waals surface area contributed by atoms with E-state index in [1.54, 1.807) is 7.11 Å². The van der Waals surface area contributed by atoms with Crippen molar-refractivity contribution in [2.24, 2.45) is 10.9 Å². The Morgan fingerprint density at radius 3 is 2.37 bits per heavy atom. The van der Waals surface area contributed by atoms with Gasteiger partial charge in [0.1, 0.15) is 5.75 Å². The van der Waals surface area contributed by atoms with Gasteiger partial charge in [0.05, 0.1) is 18.7 Å². The van der Waals surface area contributed by atoms with E-state index < -0.39 is 11.5 Å². The van der Waals surface area contributed by atoms with E-state index in [1.165, 1.54) is 5.69 Å². The third-order valence-electron chi connectivity index (χ3n) is 5.98. The Kier molecular flexibility index (Phi) is 4.65. The number of rotatable bonds is 2. The standard InChI is InChI=1S/C20H25N5O2/c1-27-16-6-4-15(5-7-16)24-10-12-25(13-11-24)19-22-18(26)17(14-21)20(23-19)8-2-3-9-20/h4-7,17H,2-3,8-13H2,1H3,(H,22,23,26)/t17-/m0/s1. The van der Waals surface area contributed by atoms with Crippen molar-refractivity contribution >= 4 is 17.6 Å². The van der Waals surface area contributed by atoms with Crippen LogP contribution in [0.2, 0.25) is 0 Å². The number of aliphatic imine (C=N–C) groups is 1. The molecule has 1 aromatic rings. The lowest BCUT2D eigenvalue weighted by molar-refractivity contribution is -0.124. The molecule has 7 nitrogen and oxygen atoms in total. The highest BCUT2D eigenvalue weighted by molar-refractivity contribution is 6.02. The average molecular weight is 367 g/mol. The zero-order chi connectivity index (χ0) is 18.9. The van der Waals surface area contributed by atoms with E-state index in [-0.39, 0.29) is 5.91 Å². The number of methoxy groups -OCH3 is 1. The van der Waals surface area contributed by atoms with Crippen LogP contribution in [0, 0.1) is 17.2 Å². The van der Waals surface area contributed by atoms with Crippen molar-refractivity contribution in [2.75, 3.05) is 38.2 Å². The summed E-state index contributed by atoms with van der Waals surface area (Å²) in [5, 5.41) is 12.4. The Bertz CT molecular complexity index is 769. The van der Waals surface area contributed by atoms with Crippen LogP contribution in [-0.4, -0.2) is 55.6 Å². The van der Waals surface area contributed by atoms with Gasteiger partial charge in [0.25, 0.3) is 0 Å². The third kappa shape index (κ3) is 3.20. The van der Waals surface area contributed by atoms with Gasteiger partial charge in [-0.25, -0.2) is 4.99 Å². The molecular formula is C20H25N5O2. The number of piperazine rings is 1.